The summed E-state index contributed by atoms with van der Waals surface area (Å²) < 4.78 is 5.18. The van der Waals surface area contributed by atoms with Gasteiger partial charge in [0, 0.05) is 0 Å². The Hall–Kier alpha value is -1.57. The topological polar surface area (TPSA) is 87.4 Å². The number of carbonyl (C=O) groups is 2. The summed E-state index contributed by atoms with van der Waals surface area (Å²) in [6, 6.07) is 1.95. The highest BCUT2D eigenvalue weighted by molar-refractivity contribution is 5.87. The zero-order valence-electron chi connectivity index (χ0n) is 13.1. The van der Waals surface area contributed by atoms with Crippen molar-refractivity contribution >= 4 is 11.9 Å². The Morgan fingerprint density at radius 3 is 1.95 bits per heavy atom. The first-order chi connectivity index (χ1) is 9.11. The van der Waals surface area contributed by atoms with Crippen LogP contribution in [0.4, 0.5) is 0 Å². The fraction of sp³-hybridized carbons (Fsp3) is 0.800. The number of carboxylic acid groups (broad SMARTS) is 1. The smallest absolute Gasteiger partial charge is 0.327 e. The molecule has 0 saturated carbocycles. The molecule has 0 amide bonds. The molecular weight excluding hydrogens is 258 g/mol. The zero-order chi connectivity index (χ0) is 16.1. The molecule has 0 aromatic rings. The van der Waals surface area contributed by atoms with E-state index in [2.05, 4.69) is 0 Å². The van der Waals surface area contributed by atoms with Crippen molar-refractivity contribution in [2.45, 2.75) is 41.5 Å². The van der Waals surface area contributed by atoms with Gasteiger partial charge in [0.15, 0.2) is 5.41 Å². The SMILES string of the molecule is CC(C)COC(=O)C(C#N)(C(C)C)C(C(=O)O)C(C)C. The monoisotopic (exact) mass is 283 g/mol. The Bertz CT molecular complexity index is 395. The van der Waals surface area contributed by atoms with E-state index in [4.69, 9.17) is 4.74 Å². The molecule has 5 nitrogen and oxygen atoms in total. The van der Waals surface area contributed by atoms with Crippen LogP contribution in [0.5, 0.6) is 0 Å². The Labute approximate surface area is 120 Å². The van der Waals surface area contributed by atoms with Gasteiger partial charge in [-0.05, 0) is 17.8 Å². The lowest BCUT2D eigenvalue weighted by atomic mass is 9.64. The van der Waals surface area contributed by atoms with E-state index in [0.717, 1.165) is 0 Å². The van der Waals surface area contributed by atoms with Gasteiger partial charge in [-0.3, -0.25) is 9.59 Å². The maximum Gasteiger partial charge on any atom is 0.327 e. The number of rotatable bonds is 7. The second kappa shape index (κ2) is 7.28. The maximum atomic E-state index is 12.4. The zero-order valence-corrected chi connectivity index (χ0v) is 13.1. The van der Waals surface area contributed by atoms with E-state index in [0.29, 0.717) is 0 Å². The molecule has 0 aliphatic carbocycles. The van der Waals surface area contributed by atoms with Gasteiger partial charge in [0.05, 0.1) is 18.6 Å². The average molecular weight is 283 g/mol. The van der Waals surface area contributed by atoms with Gasteiger partial charge in [0.25, 0.3) is 0 Å². The van der Waals surface area contributed by atoms with Crippen LogP contribution in [-0.4, -0.2) is 23.7 Å². The normalized spacial score (nSPS) is 15.8. The number of nitrogens with zero attached hydrogens (tertiary/aromatic N) is 1. The van der Waals surface area contributed by atoms with Gasteiger partial charge < -0.3 is 9.84 Å². The van der Waals surface area contributed by atoms with Gasteiger partial charge in [-0.15, -0.1) is 0 Å². The molecular formula is C15H25NO4. The number of carboxylic acids is 1. The lowest BCUT2D eigenvalue weighted by Crippen LogP contribution is -2.49. The fourth-order valence-corrected chi connectivity index (χ4v) is 2.33. The first-order valence-electron chi connectivity index (χ1n) is 6.92. The third-order valence-electron chi connectivity index (χ3n) is 3.40. The first-order valence-corrected chi connectivity index (χ1v) is 6.92. The van der Waals surface area contributed by atoms with Crippen molar-refractivity contribution in [1.29, 1.82) is 5.26 Å². The van der Waals surface area contributed by atoms with E-state index in [1.54, 1.807) is 27.7 Å². The predicted octanol–water partition coefficient (Wildman–Crippen LogP) is 2.71. The third-order valence-corrected chi connectivity index (χ3v) is 3.40. The van der Waals surface area contributed by atoms with Gasteiger partial charge >= 0.3 is 11.9 Å². The van der Waals surface area contributed by atoms with Gasteiger partial charge in [-0.25, -0.2) is 0 Å². The molecule has 0 spiro atoms. The predicted molar refractivity (Wildman–Crippen MR) is 74.6 cm³/mol. The molecule has 0 radical (unpaired) electrons. The van der Waals surface area contributed by atoms with Crippen molar-refractivity contribution in [2.75, 3.05) is 6.61 Å². The lowest BCUT2D eigenvalue weighted by molar-refractivity contribution is -0.169. The van der Waals surface area contributed by atoms with E-state index in [1.807, 2.05) is 19.9 Å². The number of ether oxygens (including phenoxy) is 1. The number of carbonyl (C=O) groups excluding carboxylic acids is 1. The van der Waals surface area contributed by atoms with E-state index < -0.39 is 29.2 Å². The minimum absolute atomic E-state index is 0.129. The molecule has 0 aliphatic rings. The minimum atomic E-state index is -1.66. The van der Waals surface area contributed by atoms with Crippen molar-refractivity contribution in [2.24, 2.45) is 29.1 Å². The molecule has 0 fully saturated rings. The van der Waals surface area contributed by atoms with Crippen molar-refractivity contribution in [1.82, 2.24) is 0 Å². The Morgan fingerprint density at radius 1 is 1.20 bits per heavy atom. The third kappa shape index (κ3) is 3.72. The summed E-state index contributed by atoms with van der Waals surface area (Å²) in [6.07, 6.45) is 0. The van der Waals surface area contributed by atoms with E-state index in [1.165, 1.54) is 0 Å². The fourth-order valence-electron chi connectivity index (χ4n) is 2.33. The molecule has 114 valence electrons. The summed E-state index contributed by atoms with van der Waals surface area (Å²) in [5.41, 5.74) is -1.66. The number of esters is 1. The van der Waals surface area contributed by atoms with Crippen molar-refractivity contribution in [3.8, 4) is 6.07 Å². The summed E-state index contributed by atoms with van der Waals surface area (Å²) in [4.78, 5) is 23.9. The lowest BCUT2D eigenvalue weighted by Gasteiger charge is -2.35. The summed E-state index contributed by atoms with van der Waals surface area (Å²) in [5, 5.41) is 19.0. The van der Waals surface area contributed by atoms with Crippen LogP contribution in [0.2, 0.25) is 0 Å². The molecule has 0 aromatic carbocycles. The standard InChI is InChI=1S/C15H25NO4/c1-9(2)7-20-14(19)15(8-16,11(5)6)12(10(3)4)13(17)18/h9-12H,7H2,1-6H3,(H,17,18). The highest BCUT2D eigenvalue weighted by Gasteiger charge is 2.55. The quantitative estimate of drug-likeness (QED) is 0.726. The van der Waals surface area contributed by atoms with Crippen LogP contribution in [0, 0.1) is 40.4 Å². The molecule has 2 atom stereocenters. The Kier molecular flexibility index (Phi) is 6.70. The molecule has 2 unspecified atom stereocenters. The summed E-state index contributed by atoms with van der Waals surface area (Å²) >= 11 is 0. The largest absolute Gasteiger partial charge is 0.481 e. The van der Waals surface area contributed by atoms with Crippen LogP contribution in [0.3, 0.4) is 0 Å². The molecule has 5 heteroatoms. The number of hydrogen-bond acceptors (Lipinski definition) is 4. The van der Waals surface area contributed by atoms with Crippen LogP contribution >= 0.6 is 0 Å². The molecule has 0 heterocycles. The van der Waals surface area contributed by atoms with E-state index >= 15 is 0 Å². The second-order valence-corrected chi connectivity index (χ2v) is 6.19. The van der Waals surface area contributed by atoms with Crippen LogP contribution in [-0.2, 0) is 14.3 Å². The highest BCUT2D eigenvalue weighted by Crippen LogP contribution is 2.41. The number of nitriles is 1. The Balaban J connectivity index is 5.67. The van der Waals surface area contributed by atoms with Crippen molar-refractivity contribution < 1.29 is 19.4 Å². The molecule has 0 bridgehead atoms. The van der Waals surface area contributed by atoms with Crippen LogP contribution in [0.25, 0.3) is 0 Å². The molecule has 20 heavy (non-hydrogen) atoms. The van der Waals surface area contributed by atoms with Gasteiger partial charge in [-0.2, -0.15) is 5.26 Å². The second-order valence-electron chi connectivity index (χ2n) is 6.19. The molecule has 0 saturated heterocycles. The first kappa shape index (κ1) is 18.4. The van der Waals surface area contributed by atoms with Crippen molar-refractivity contribution in [3.63, 3.8) is 0 Å². The molecule has 0 aliphatic heterocycles. The Morgan fingerprint density at radius 2 is 1.70 bits per heavy atom. The summed E-state index contributed by atoms with van der Waals surface area (Å²) in [7, 11) is 0. The summed E-state index contributed by atoms with van der Waals surface area (Å²) in [6.45, 7) is 10.7. The average Bonchev–Trinajstić information content (AvgIpc) is 2.30. The highest BCUT2D eigenvalue weighted by atomic mass is 16.5. The van der Waals surface area contributed by atoms with Crippen molar-refractivity contribution in [3.05, 3.63) is 0 Å². The van der Waals surface area contributed by atoms with Crippen LogP contribution < -0.4 is 0 Å². The van der Waals surface area contributed by atoms with E-state index in [9.17, 15) is 20.0 Å². The minimum Gasteiger partial charge on any atom is -0.481 e. The molecule has 0 rings (SSSR count). The van der Waals surface area contributed by atoms with E-state index in [-0.39, 0.29) is 18.4 Å². The number of aliphatic carboxylic acids is 1. The van der Waals surface area contributed by atoms with Crippen LogP contribution in [0.15, 0.2) is 0 Å². The summed E-state index contributed by atoms with van der Waals surface area (Å²) in [5.74, 6) is -3.63. The maximum absolute atomic E-state index is 12.4. The van der Waals surface area contributed by atoms with Gasteiger partial charge in [0.2, 0.25) is 0 Å². The van der Waals surface area contributed by atoms with Gasteiger partial charge in [0.1, 0.15) is 0 Å². The molecule has 1 N–H and O–H groups in total. The molecule has 0 aromatic heterocycles. The number of hydrogen-bond donors (Lipinski definition) is 1. The van der Waals surface area contributed by atoms with Gasteiger partial charge in [-0.1, -0.05) is 41.5 Å². The van der Waals surface area contributed by atoms with Crippen LogP contribution in [0.1, 0.15) is 41.5 Å².